The third kappa shape index (κ3) is 4.97. The first kappa shape index (κ1) is 21.2. The van der Waals surface area contributed by atoms with E-state index in [1.165, 1.54) is 0 Å². The zero-order chi connectivity index (χ0) is 21.1. The molecule has 0 spiro atoms. The Morgan fingerprint density at radius 2 is 1.57 bits per heavy atom. The van der Waals surface area contributed by atoms with E-state index in [2.05, 4.69) is 27.9 Å². The summed E-state index contributed by atoms with van der Waals surface area (Å²) in [7, 11) is 0. The SMILES string of the molecule is O=C(CC(Nc1ccc(I)cc1)c1ccc(Cl)c(Cl)c1)c1ccc2ccccc2c1. The number of nitrogens with one attached hydrogen (secondary N) is 1. The molecule has 4 aromatic rings. The van der Waals surface area contributed by atoms with E-state index >= 15 is 0 Å². The van der Waals surface area contributed by atoms with Crippen LogP contribution in [0.1, 0.15) is 28.4 Å². The molecule has 1 N–H and O–H groups in total. The number of halogens is 3. The van der Waals surface area contributed by atoms with E-state index in [0.29, 0.717) is 22.0 Å². The van der Waals surface area contributed by atoms with E-state index in [1.807, 2.05) is 78.9 Å². The molecular weight excluding hydrogens is 528 g/mol. The third-order valence-electron chi connectivity index (χ3n) is 4.99. The van der Waals surface area contributed by atoms with Gasteiger partial charge in [-0.1, -0.05) is 65.7 Å². The zero-order valence-corrected chi connectivity index (χ0v) is 19.6. The Balaban J connectivity index is 1.64. The summed E-state index contributed by atoms with van der Waals surface area (Å²) >= 11 is 14.6. The second-order valence-electron chi connectivity index (χ2n) is 7.07. The highest BCUT2D eigenvalue weighted by atomic mass is 127. The van der Waals surface area contributed by atoms with Crippen LogP contribution in [-0.2, 0) is 0 Å². The standard InChI is InChI=1S/C25H18Cl2INO/c26-22-12-7-18(14-23(22)27)24(29-21-10-8-20(28)9-11-21)15-25(30)19-6-5-16-3-1-2-4-17(16)13-19/h1-14,24,29H,15H2. The van der Waals surface area contributed by atoms with E-state index < -0.39 is 0 Å². The summed E-state index contributed by atoms with van der Waals surface area (Å²) in [5, 5.41) is 6.62. The molecule has 0 radical (unpaired) electrons. The molecule has 1 atom stereocenters. The first-order chi connectivity index (χ1) is 14.5. The van der Waals surface area contributed by atoms with Crippen LogP contribution in [0.25, 0.3) is 10.8 Å². The van der Waals surface area contributed by atoms with Gasteiger partial charge in [0.15, 0.2) is 5.78 Å². The number of carbonyl (C=O) groups excluding carboxylic acids is 1. The van der Waals surface area contributed by atoms with E-state index in [4.69, 9.17) is 23.2 Å². The fourth-order valence-corrected chi connectivity index (χ4v) is 4.06. The number of ketones is 1. The molecule has 150 valence electrons. The highest BCUT2D eigenvalue weighted by Crippen LogP contribution is 2.30. The van der Waals surface area contributed by atoms with Crippen LogP contribution in [0.3, 0.4) is 0 Å². The Labute approximate surface area is 199 Å². The molecule has 4 aromatic carbocycles. The molecule has 0 aliphatic carbocycles. The highest BCUT2D eigenvalue weighted by molar-refractivity contribution is 14.1. The van der Waals surface area contributed by atoms with Crippen molar-refractivity contribution < 1.29 is 4.79 Å². The molecule has 0 saturated heterocycles. The maximum atomic E-state index is 13.2. The zero-order valence-electron chi connectivity index (χ0n) is 15.9. The Kier molecular flexibility index (Phi) is 6.61. The smallest absolute Gasteiger partial charge is 0.165 e. The molecule has 0 aromatic heterocycles. The molecule has 5 heteroatoms. The van der Waals surface area contributed by atoms with E-state index in [1.54, 1.807) is 6.07 Å². The topological polar surface area (TPSA) is 29.1 Å². The van der Waals surface area contributed by atoms with Crippen LogP contribution in [0.5, 0.6) is 0 Å². The van der Waals surface area contributed by atoms with Gasteiger partial charge in [0.1, 0.15) is 0 Å². The van der Waals surface area contributed by atoms with Crippen molar-refractivity contribution in [3.8, 4) is 0 Å². The number of hydrogen-bond donors (Lipinski definition) is 1. The van der Waals surface area contributed by atoms with Gasteiger partial charge in [0.05, 0.1) is 16.1 Å². The largest absolute Gasteiger partial charge is 0.378 e. The molecule has 1 unspecified atom stereocenters. The normalized spacial score (nSPS) is 12.0. The lowest BCUT2D eigenvalue weighted by molar-refractivity contribution is 0.0976. The second kappa shape index (κ2) is 9.38. The number of fused-ring (bicyclic) bond motifs is 1. The summed E-state index contributed by atoms with van der Waals surface area (Å²) < 4.78 is 1.15. The molecule has 2 nitrogen and oxygen atoms in total. The summed E-state index contributed by atoms with van der Waals surface area (Å²) in [6.45, 7) is 0. The van der Waals surface area contributed by atoms with Crippen LogP contribution in [-0.4, -0.2) is 5.78 Å². The lowest BCUT2D eigenvalue weighted by Crippen LogP contribution is -2.16. The van der Waals surface area contributed by atoms with Gasteiger partial charge in [-0.15, -0.1) is 0 Å². The van der Waals surface area contributed by atoms with Crippen molar-refractivity contribution in [1.29, 1.82) is 0 Å². The minimum atomic E-state index is -0.237. The van der Waals surface area contributed by atoms with E-state index in [-0.39, 0.29) is 11.8 Å². The summed E-state index contributed by atoms with van der Waals surface area (Å²) in [5.74, 6) is 0.0647. The number of carbonyl (C=O) groups is 1. The minimum absolute atomic E-state index is 0.0647. The van der Waals surface area contributed by atoms with Crippen molar-refractivity contribution in [2.75, 3.05) is 5.32 Å². The Bertz CT molecular complexity index is 1210. The van der Waals surface area contributed by atoms with E-state index in [9.17, 15) is 4.79 Å². The van der Waals surface area contributed by atoms with Crippen LogP contribution in [0, 0.1) is 3.57 Å². The molecule has 0 fully saturated rings. The van der Waals surface area contributed by atoms with Crippen LogP contribution in [0.2, 0.25) is 10.0 Å². The van der Waals surface area contributed by atoms with Gasteiger partial charge in [0.25, 0.3) is 0 Å². The first-order valence-electron chi connectivity index (χ1n) is 9.49. The molecule has 0 bridgehead atoms. The average Bonchev–Trinajstić information content (AvgIpc) is 2.76. The average molecular weight is 546 g/mol. The molecule has 0 aliphatic rings. The van der Waals surface area contributed by atoms with Gasteiger partial charge in [-0.3, -0.25) is 4.79 Å². The number of benzene rings is 4. The summed E-state index contributed by atoms with van der Waals surface area (Å²) in [6.07, 6.45) is 0.294. The molecule has 30 heavy (non-hydrogen) atoms. The van der Waals surface area contributed by atoms with Gasteiger partial charge >= 0.3 is 0 Å². The van der Waals surface area contributed by atoms with Crippen LogP contribution < -0.4 is 5.32 Å². The van der Waals surface area contributed by atoms with Gasteiger partial charge in [-0.2, -0.15) is 0 Å². The summed E-state index contributed by atoms with van der Waals surface area (Å²) in [5.41, 5.74) is 2.55. The Morgan fingerprint density at radius 1 is 0.833 bits per heavy atom. The number of Topliss-reactive ketones (excluding diaryl/α,β-unsaturated/α-hetero) is 1. The monoisotopic (exact) mass is 545 g/mol. The lowest BCUT2D eigenvalue weighted by Gasteiger charge is -2.21. The fraction of sp³-hybridized carbons (Fsp3) is 0.0800. The van der Waals surface area contributed by atoms with Crippen molar-refractivity contribution in [2.24, 2.45) is 0 Å². The molecular formula is C25H18Cl2INO. The van der Waals surface area contributed by atoms with Crippen molar-refractivity contribution in [3.63, 3.8) is 0 Å². The quantitative estimate of drug-likeness (QED) is 0.195. The van der Waals surface area contributed by atoms with Gasteiger partial charge in [0.2, 0.25) is 0 Å². The van der Waals surface area contributed by atoms with Gasteiger partial charge < -0.3 is 5.32 Å². The fourth-order valence-electron chi connectivity index (χ4n) is 3.39. The highest BCUT2D eigenvalue weighted by Gasteiger charge is 2.19. The number of hydrogen-bond acceptors (Lipinski definition) is 2. The molecule has 0 amide bonds. The maximum Gasteiger partial charge on any atom is 0.165 e. The van der Waals surface area contributed by atoms with Crippen molar-refractivity contribution in [1.82, 2.24) is 0 Å². The molecule has 0 heterocycles. The van der Waals surface area contributed by atoms with Crippen molar-refractivity contribution in [2.45, 2.75) is 12.5 Å². The van der Waals surface area contributed by atoms with Crippen LogP contribution >= 0.6 is 45.8 Å². The predicted octanol–water partition coefficient (Wildman–Crippen LogP) is 8.18. The van der Waals surface area contributed by atoms with Gasteiger partial charge in [0, 0.05) is 21.2 Å². The minimum Gasteiger partial charge on any atom is -0.378 e. The second-order valence-corrected chi connectivity index (χ2v) is 9.13. The molecule has 0 aliphatic heterocycles. The van der Waals surface area contributed by atoms with Crippen LogP contribution in [0.15, 0.2) is 84.9 Å². The third-order valence-corrected chi connectivity index (χ3v) is 6.45. The molecule has 4 rings (SSSR count). The Morgan fingerprint density at radius 3 is 2.30 bits per heavy atom. The maximum absolute atomic E-state index is 13.2. The number of rotatable bonds is 6. The summed E-state index contributed by atoms with van der Waals surface area (Å²) in [4.78, 5) is 13.2. The van der Waals surface area contributed by atoms with Crippen molar-refractivity contribution >= 4 is 68.0 Å². The van der Waals surface area contributed by atoms with E-state index in [0.717, 1.165) is 25.6 Å². The van der Waals surface area contributed by atoms with Crippen molar-refractivity contribution in [3.05, 3.63) is 110 Å². The predicted molar refractivity (Wildman–Crippen MR) is 135 cm³/mol. The van der Waals surface area contributed by atoms with Crippen LogP contribution in [0.4, 0.5) is 5.69 Å². The van der Waals surface area contributed by atoms with Gasteiger partial charge in [-0.25, -0.2) is 0 Å². The number of anilines is 1. The van der Waals surface area contributed by atoms with Gasteiger partial charge in [-0.05, 0) is 81.4 Å². The Hall–Kier alpha value is -2.08. The summed E-state index contributed by atoms with van der Waals surface area (Å²) in [6, 6.07) is 27.2. The first-order valence-corrected chi connectivity index (χ1v) is 11.3. The lowest BCUT2D eigenvalue weighted by atomic mass is 9.96. The molecule has 0 saturated carbocycles.